The Morgan fingerprint density at radius 3 is 2.52 bits per heavy atom. The molecule has 0 radical (unpaired) electrons. The van der Waals surface area contributed by atoms with Crippen molar-refractivity contribution < 1.29 is 37.0 Å². The molecule has 4 atom stereocenters. The van der Waals surface area contributed by atoms with Gasteiger partial charge in [-0.2, -0.15) is 13.2 Å². The Labute approximate surface area is 231 Å². The number of likely N-dealkylation sites (tertiary alicyclic amines) is 1. The van der Waals surface area contributed by atoms with Crippen LogP contribution in [0.1, 0.15) is 49.8 Å². The largest absolute Gasteiger partial charge is 0.462 e. The second kappa shape index (κ2) is 11.8. The summed E-state index contributed by atoms with van der Waals surface area (Å²) in [4.78, 5) is 38.8. The number of ether oxygens (including phenoxy) is 2. The number of fused-ring (bicyclic) bond motifs is 1. The fourth-order valence-corrected chi connectivity index (χ4v) is 6.08. The molecule has 10 heteroatoms. The van der Waals surface area contributed by atoms with Gasteiger partial charge in [0.15, 0.2) is 0 Å². The van der Waals surface area contributed by atoms with Gasteiger partial charge in [0, 0.05) is 50.3 Å². The molecule has 1 aliphatic heterocycles. The zero-order valence-electron chi connectivity index (χ0n) is 22.7. The maximum atomic E-state index is 13.1. The highest BCUT2D eigenvalue weighted by Gasteiger charge is 2.53. The first kappa shape index (κ1) is 29.3. The van der Waals surface area contributed by atoms with Crippen LogP contribution in [0.15, 0.2) is 54.6 Å². The van der Waals surface area contributed by atoms with Crippen molar-refractivity contribution in [3.63, 3.8) is 0 Å². The molecule has 1 amide bonds. The van der Waals surface area contributed by atoms with E-state index in [-0.39, 0.29) is 17.5 Å². The first-order valence-electron chi connectivity index (χ1n) is 13.2. The molecule has 0 bridgehead atoms. The summed E-state index contributed by atoms with van der Waals surface area (Å²) in [7, 11) is 2.01. The van der Waals surface area contributed by atoms with Crippen LogP contribution in [-0.4, -0.2) is 55.0 Å². The van der Waals surface area contributed by atoms with Crippen LogP contribution < -0.4 is 10.1 Å². The molecular weight excluding hydrogens is 525 g/mol. The average Bonchev–Trinajstić information content (AvgIpc) is 2.87. The molecule has 1 aliphatic carbocycles. The standard InChI is InChI=1S/C30H33F3N2O5/c1-19(36)39-25-9-5-7-22(15-25)29-12-13-35(3)18-26(29)27(40-20(2)37)16-24(17-29)34-28(38)11-10-21-6-4-8-23(14-21)30(31,32)33/h4-11,14-15,24,26-27H,12-13,16-18H2,1-3H3,(H,34,38). The van der Waals surface area contributed by atoms with Gasteiger partial charge in [0.05, 0.1) is 5.56 Å². The van der Waals surface area contributed by atoms with Crippen molar-refractivity contribution in [2.24, 2.45) is 5.92 Å². The predicted molar refractivity (Wildman–Crippen MR) is 142 cm³/mol. The molecule has 0 aromatic heterocycles. The predicted octanol–water partition coefficient (Wildman–Crippen LogP) is 4.74. The lowest BCUT2D eigenvalue weighted by atomic mass is 9.57. The van der Waals surface area contributed by atoms with Gasteiger partial charge < -0.3 is 19.7 Å². The number of carbonyl (C=O) groups is 3. The van der Waals surface area contributed by atoms with Gasteiger partial charge in [-0.1, -0.05) is 24.3 Å². The Bertz CT molecular complexity index is 1290. The molecule has 4 rings (SSSR count). The van der Waals surface area contributed by atoms with E-state index in [0.717, 1.165) is 30.7 Å². The van der Waals surface area contributed by atoms with E-state index in [9.17, 15) is 27.6 Å². The Balaban J connectivity index is 1.62. The molecule has 4 unspecified atom stereocenters. The maximum Gasteiger partial charge on any atom is 0.416 e. The van der Waals surface area contributed by atoms with Crippen molar-refractivity contribution in [1.82, 2.24) is 10.2 Å². The van der Waals surface area contributed by atoms with E-state index in [2.05, 4.69) is 10.2 Å². The molecular formula is C30H33F3N2O5. The molecule has 1 saturated heterocycles. The van der Waals surface area contributed by atoms with Gasteiger partial charge in [-0.15, -0.1) is 0 Å². The summed E-state index contributed by atoms with van der Waals surface area (Å²) in [6, 6.07) is 11.7. The molecule has 40 heavy (non-hydrogen) atoms. The smallest absolute Gasteiger partial charge is 0.416 e. The molecule has 2 aliphatic rings. The molecule has 0 spiro atoms. The number of esters is 2. The highest BCUT2D eigenvalue weighted by atomic mass is 19.4. The minimum absolute atomic E-state index is 0.0727. The number of benzene rings is 2. The highest BCUT2D eigenvalue weighted by molar-refractivity contribution is 5.92. The SMILES string of the molecule is CC(=O)Oc1cccc(C23CCN(C)CC2C(OC(C)=O)CC(NC(=O)C=Cc2cccc(C(F)(F)F)c2)C3)c1. The monoisotopic (exact) mass is 558 g/mol. The van der Waals surface area contributed by atoms with Crippen molar-refractivity contribution in [3.8, 4) is 5.75 Å². The van der Waals surface area contributed by atoms with E-state index in [1.54, 1.807) is 6.07 Å². The molecule has 1 saturated carbocycles. The minimum Gasteiger partial charge on any atom is -0.462 e. The molecule has 1 heterocycles. The Morgan fingerprint density at radius 1 is 1.07 bits per heavy atom. The summed E-state index contributed by atoms with van der Waals surface area (Å²) in [6.07, 6.45) is -0.737. The molecule has 2 aromatic rings. The normalized spacial score (nSPS) is 25.2. The lowest BCUT2D eigenvalue weighted by Crippen LogP contribution is -2.61. The summed E-state index contributed by atoms with van der Waals surface area (Å²) in [5.74, 6) is -0.974. The Kier molecular flexibility index (Phi) is 8.68. The number of nitrogens with zero attached hydrogens (tertiary/aromatic N) is 1. The second-order valence-electron chi connectivity index (χ2n) is 10.6. The van der Waals surface area contributed by atoms with Crippen LogP contribution in [0.3, 0.4) is 0 Å². The van der Waals surface area contributed by atoms with E-state index in [4.69, 9.17) is 9.47 Å². The quantitative estimate of drug-likeness (QED) is 0.313. The fraction of sp³-hybridized carbons (Fsp3) is 0.433. The third-order valence-electron chi connectivity index (χ3n) is 7.71. The Morgan fingerprint density at radius 2 is 1.82 bits per heavy atom. The van der Waals surface area contributed by atoms with Crippen molar-refractivity contribution in [3.05, 3.63) is 71.3 Å². The van der Waals surface area contributed by atoms with Gasteiger partial charge in [-0.3, -0.25) is 14.4 Å². The van der Waals surface area contributed by atoms with Crippen LogP contribution in [-0.2, 0) is 30.7 Å². The maximum absolute atomic E-state index is 13.1. The van der Waals surface area contributed by atoms with E-state index in [1.165, 1.54) is 38.1 Å². The van der Waals surface area contributed by atoms with Crippen molar-refractivity contribution in [2.75, 3.05) is 20.1 Å². The van der Waals surface area contributed by atoms with Crippen molar-refractivity contribution in [2.45, 2.75) is 56.8 Å². The molecule has 2 fully saturated rings. The third-order valence-corrected chi connectivity index (χ3v) is 7.71. The van der Waals surface area contributed by atoms with Crippen molar-refractivity contribution in [1.29, 1.82) is 0 Å². The van der Waals surface area contributed by atoms with Crippen LogP contribution in [0.5, 0.6) is 5.75 Å². The summed E-state index contributed by atoms with van der Waals surface area (Å²) in [5.41, 5.74) is -0.0951. The van der Waals surface area contributed by atoms with Gasteiger partial charge in [-0.25, -0.2) is 0 Å². The van der Waals surface area contributed by atoms with Crippen LogP contribution in [0.25, 0.3) is 6.08 Å². The number of hydrogen-bond donors (Lipinski definition) is 1. The number of piperidine rings is 1. The first-order chi connectivity index (χ1) is 18.9. The molecule has 2 aromatic carbocycles. The zero-order chi connectivity index (χ0) is 29.1. The van der Waals surface area contributed by atoms with Crippen LogP contribution >= 0.6 is 0 Å². The lowest BCUT2D eigenvalue weighted by Gasteiger charge is -2.55. The van der Waals surface area contributed by atoms with Gasteiger partial charge in [0.1, 0.15) is 11.9 Å². The van der Waals surface area contributed by atoms with Crippen molar-refractivity contribution >= 4 is 23.9 Å². The van der Waals surface area contributed by atoms with Crippen LogP contribution in [0.2, 0.25) is 0 Å². The van der Waals surface area contributed by atoms with Gasteiger partial charge in [-0.05, 0) is 67.9 Å². The van der Waals surface area contributed by atoms with Crippen LogP contribution in [0, 0.1) is 5.92 Å². The number of alkyl halides is 3. The molecule has 7 nitrogen and oxygen atoms in total. The topological polar surface area (TPSA) is 84.9 Å². The third kappa shape index (κ3) is 6.91. The van der Waals surface area contributed by atoms with Gasteiger partial charge in [0.2, 0.25) is 5.91 Å². The van der Waals surface area contributed by atoms with E-state index in [0.29, 0.717) is 25.1 Å². The Hall–Kier alpha value is -3.66. The lowest BCUT2D eigenvalue weighted by molar-refractivity contribution is -0.157. The molecule has 214 valence electrons. The average molecular weight is 559 g/mol. The second-order valence-corrected chi connectivity index (χ2v) is 10.6. The van der Waals surface area contributed by atoms with E-state index >= 15 is 0 Å². The highest BCUT2D eigenvalue weighted by Crippen LogP contribution is 2.50. The van der Waals surface area contributed by atoms with Gasteiger partial charge in [0.25, 0.3) is 0 Å². The van der Waals surface area contributed by atoms with Crippen LogP contribution in [0.4, 0.5) is 13.2 Å². The summed E-state index contributed by atoms with van der Waals surface area (Å²) < 4.78 is 50.3. The number of rotatable bonds is 6. The number of nitrogens with one attached hydrogen (secondary N) is 1. The number of amides is 1. The summed E-state index contributed by atoms with van der Waals surface area (Å²) in [5, 5.41) is 2.98. The van der Waals surface area contributed by atoms with E-state index in [1.807, 2.05) is 25.2 Å². The summed E-state index contributed by atoms with van der Waals surface area (Å²) in [6.45, 7) is 4.14. The number of carbonyl (C=O) groups excluding carboxylic acids is 3. The molecule has 1 N–H and O–H groups in total. The summed E-state index contributed by atoms with van der Waals surface area (Å²) >= 11 is 0. The number of halogens is 3. The first-order valence-corrected chi connectivity index (χ1v) is 13.2. The van der Waals surface area contributed by atoms with Gasteiger partial charge >= 0.3 is 18.1 Å². The zero-order valence-corrected chi connectivity index (χ0v) is 22.7. The fourth-order valence-electron chi connectivity index (χ4n) is 6.08. The van der Waals surface area contributed by atoms with E-state index < -0.39 is 41.1 Å². The minimum atomic E-state index is -4.48. The number of hydrogen-bond acceptors (Lipinski definition) is 6.